The largest absolute Gasteiger partial charge is 0.351 e. The van der Waals surface area contributed by atoms with Crippen molar-refractivity contribution < 1.29 is 4.79 Å². The van der Waals surface area contributed by atoms with E-state index >= 15 is 0 Å². The van der Waals surface area contributed by atoms with Gasteiger partial charge in [-0.1, -0.05) is 6.92 Å². The second kappa shape index (κ2) is 4.09. The van der Waals surface area contributed by atoms with Gasteiger partial charge in [0.25, 0.3) is 0 Å². The van der Waals surface area contributed by atoms with Crippen LogP contribution in [0.4, 0.5) is 0 Å². The first-order valence-electron chi connectivity index (χ1n) is 5.12. The number of carbonyl (C=O) groups excluding carboxylic acids is 1. The van der Waals surface area contributed by atoms with Crippen molar-refractivity contribution in [1.29, 1.82) is 0 Å². The second-order valence-corrected chi connectivity index (χ2v) is 4.30. The number of nitrogens with two attached hydrogens (primary N) is 1. The van der Waals surface area contributed by atoms with Gasteiger partial charge in [-0.2, -0.15) is 0 Å². The first-order valence-corrected chi connectivity index (χ1v) is 5.12. The minimum atomic E-state index is 0.00294. The van der Waals surface area contributed by atoms with Crippen LogP contribution in [-0.4, -0.2) is 17.5 Å². The maximum absolute atomic E-state index is 11.2. The molecule has 0 unspecified atom stereocenters. The number of nitrogens with one attached hydrogen (secondary N) is 1. The van der Waals surface area contributed by atoms with Crippen molar-refractivity contribution in [3.05, 3.63) is 0 Å². The van der Waals surface area contributed by atoms with E-state index in [0.29, 0.717) is 12.5 Å². The molecule has 3 N–H and O–H groups in total. The molecule has 0 saturated heterocycles. The Kier molecular flexibility index (Phi) is 3.31. The Bertz CT molecular complexity index is 183. The summed E-state index contributed by atoms with van der Waals surface area (Å²) in [5.41, 5.74) is 5.81. The molecule has 0 heterocycles. The van der Waals surface area contributed by atoms with E-state index in [1.54, 1.807) is 0 Å². The molecule has 0 aromatic heterocycles. The predicted octanol–water partition coefficient (Wildman–Crippen LogP) is 1.17. The van der Waals surface area contributed by atoms with Crippen LogP contribution >= 0.6 is 0 Å². The van der Waals surface area contributed by atoms with Gasteiger partial charge in [-0.15, -0.1) is 0 Å². The summed E-state index contributed by atoms with van der Waals surface area (Å²) in [5, 5.41) is 3.07. The molecule has 1 saturated carbocycles. The molecule has 76 valence electrons. The monoisotopic (exact) mass is 184 g/mol. The van der Waals surface area contributed by atoms with Crippen LogP contribution in [0.1, 0.15) is 46.0 Å². The number of amides is 1. The highest BCUT2D eigenvalue weighted by Crippen LogP contribution is 2.26. The summed E-state index contributed by atoms with van der Waals surface area (Å²) >= 11 is 0. The highest BCUT2D eigenvalue weighted by molar-refractivity contribution is 5.76. The van der Waals surface area contributed by atoms with E-state index in [4.69, 9.17) is 5.73 Å². The Hall–Kier alpha value is -0.570. The van der Waals surface area contributed by atoms with Crippen LogP contribution in [0, 0.1) is 0 Å². The van der Waals surface area contributed by atoms with E-state index in [0.717, 1.165) is 25.7 Å². The van der Waals surface area contributed by atoms with Gasteiger partial charge >= 0.3 is 0 Å². The van der Waals surface area contributed by atoms with Crippen molar-refractivity contribution in [2.24, 2.45) is 5.73 Å². The van der Waals surface area contributed by atoms with Crippen LogP contribution in [-0.2, 0) is 4.79 Å². The van der Waals surface area contributed by atoms with Gasteiger partial charge in [-0.25, -0.2) is 0 Å². The molecular formula is C10H20N2O. The first-order chi connectivity index (χ1) is 6.06. The van der Waals surface area contributed by atoms with E-state index in [1.165, 1.54) is 0 Å². The van der Waals surface area contributed by atoms with E-state index in [-0.39, 0.29) is 11.4 Å². The van der Waals surface area contributed by atoms with Crippen molar-refractivity contribution in [1.82, 2.24) is 5.32 Å². The molecule has 1 amide bonds. The zero-order chi connectivity index (χ0) is 9.90. The lowest BCUT2D eigenvalue weighted by Crippen LogP contribution is -2.49. The fraction of sp³-hybridized carbons (Fsp3) is 0.900. The topological polar surface area (TPSA) is 55.1 Å². The SMILES string of the molecule is CCC(=O)NC1(C)CCC(N)CC1. The van der Waals surface area contributed by atoms with Gasteiger partial charge in [-0.05, 0) is 32.6 Å². The van der Waals surface area contributed by atoms with Gasteiger partial charge in [0.05, 0.1) is 0 Å². The van der Waals surface area contributed by atoms with Crippen LogP contribution < -0.4 is 11.1 Å². The third-order valence-electron chi connectivity index (χ3n) is 2.90. The molecule has 0 aliphatic heterocycles. The van der Waals surface area contributed by atoms with E-state index < -0.39 is 0 Å². The summed E-state index contributed by atoms with van der Waals surface area (Å²) in [6.07, 6.45) is 4.66. The summed E-state index contributed by atoms with van der Waals surface area (Å²) in [5.74, 6) is 0.151. The van der Waals surface area contributed by atoms with E-state index in [2.05, 4.69) is 12.2 Å². The Morgan fingerprint density at radius 2 is 2.08 bits per heavy atom. The molecule has 0 bridgehead atoms. The Morgan fingerprint density at radius 1 is 1.54 bits per heavy atom. The highest BCUT2D eigenvalue weighted by Gasteiger charge is 2.30. The lowest BCUT2D eigenvalue weighted by atomic mass is 9.81. The number of rotatable bonds is 2. The van der Waals surface area contributed by atoms with E-state index in [1.807, 2.05) is 6.92 Å². The molecule has 0 spiro atoms. The van der Waals surface area contributed by atoms with Crippen LogP contribution in [0.5, 0.6) is 0 Å². The summed E-state index contributed by atoms with van der Waals surface area (Å²) in [4.78, 5) is 11.2. The smallest absolute Gasteiger partial charge is 0.220 e. The summed E-state index contributed by atoms with van der Waals surface area (Å²) in [6, 6.07) is 0.339. The fourth-order valence-electron chi connectivity index (χ4n) is 1.83. The van der Waals surface area contributed by atoms with Crippen molar-refractivity contribution in [2.75, 3.05) is 0 Å². The molecule has 0 atom stereocenters. The summed E-state index contributed by atoms with van der Waals surface area (Å²) in [6.45, 7) is 4.00. The molecule has 3 heteroatoms. The second-order valence-electron chi connectivity index (χ2n) is 4.30. The molecule has 13 heavy (non-hydrogen) atoms. The fourth-order valence-corrected chi connectivity index (χ4v) is 1.83. The molecule has 1 fully saturated rings. The molecule has 0 radical (unpaired) electrons. The number of hydrogen-bond acceptors (Lipinski definition) is 2. The minimum Gasteiger partial charge on any atom is -0.351 e. The third kappa shape index (κ3) is 2.99. The van der Waals surface area contributed by atoms with Gasteiger partial charge < -0.3 is 11.1 Å². The van der Waals surface area contributed by atoms with Crippen molar-refractivity contribution in [3.63, 3.8) is 0 Å². The van der Waals surface area contributed by atoms with Gasteiger partial charge in [0.2, 0.25) is 5.91 Å². The first kappa shape index (κ1) is 10.5. The zero-order valence-corrected chi connectivity index (χ0v) is 8.60. The molecule has 1 aliphatic rings. The predicted molar refractivity (Wildman–Crippen MR) is 53.3 cm³/mol. The normalized spacial score (nSPS) is 34.2. The summed E-state index contributed by atoms with van der Waals surface area (Å²) in [7, 11) is 0. The standard InChI is InChI=1S/C10H20N2O/c1-3-9(13)12-10(2)6-4-8(11)5-7-10/h8H,3-7,11H2,1-2H3,(H,12,13). The Morgan fingerprint density at radius 3 is 2.54 bits per heavy atom. The molecule has 0 aromatic rings. The Balaban J connectivity index is 2.43. The van der Waals surface area contributed by atoms with Crippen molar-refractivity contribution in [3.8, 4) is 0 Å². The molecule has 3 nitrogen and oxygen atoms in total. The highest BCUT2D eigenvalue weighted by atomic mass is 16.1. The minimum absolute atomic E-state index is 0.00294. The summed E-state index contributed by atoms with van der Waals surface area (Å²) < 4.78 is 0. The van der Waals surface area contributed by atoms with Crippen LogP contribution in [0.15, 0.2) is 0 Å². The zero-order valence-electron chi connectivity index (χ0n) is 8.60. The van der Waals surface area contributed by atoms with Gasteiger partial charge in [0.15, 0.2) is 0 Å². The maximum Gasteiger partial charge on any atom is 0.220 e. The maximum atomic E-state index is 11.2. The number of hydrogen-bond donors (Lipinski definition) is 2. The molecular weight excluding hydrogens is 164 g/mol. The van der Waals surface area contributed by atoms with Crippen LogP contribution in [0.2, 0.25) is 0 Å². The average molecular weight is 184 g/mol. The molecule has 0 aromatic carbocycles. The van der Waals surface area contributed by atoms with Crippen molar-refractivity contribution in [2.45, 2.75) is 57.5 Å². The lowest BCUT2D eigenvalue weighted by Gasteiger charge is -2.36. The lowest BCUT2D eigenvalue weighted by molar-refractivity contribution is -0.122. The van der Waals surface area contributed by atoms with E-state index in [9.17, 15) is 4.79 Å². The van der Waals surface area contributed by atoms with Crippen molar-refractivity contribution >= 4 is 5.91 Å². The molecule has 1 aliphatic carbocycles. The van der Waals surface area contributed by atoms with Gasteiger partial charge in [0, 0.05) is 18.0 Å². The average Bonchev–Trinajstić information content (AvgIpc) is 2.10. The third-order valence-corrected chi connectivity index (χ3v) is 2.90. The Labute approximate surface area is 80.1 Å². The quantitative estimate of drug-likeness (QED) is 0.677. The van der Waals surface area contributed by atoms with Crippen LogP contribution in [0.25, 0.3) is 0 Å². The van der Waals surface area contributed by atoms with Gasteiger partial charge in [0.1, 0.15) is 0 Å². The van der Waals surface area contributed by atoms with Crippen LogP contribution in [0.3, 0.4) is 0 Å². The number of carbonyl (C=O) groups is 1. The molecule has 1 rings (SSSR count). The van der Waals surface area contributed by atoms with Gasteiger partial charge in [-0.3, -0.25) is 4.79 Å².